The highest BCUT2D eigenvalue weighted by molar-refractivity contribution is 6.60. The van der Waals surface area contributed by atoms with E-state index in [9.17, 15) is 14.7 Å². The molecule has 1 N–H and O–H groups in total. The van der Waals surface area contributed by atoms with Gasteiger partial charge in [0.25, 0.3) is 0 Å². The number of carbonyl (C=O) groups excluding carboxylic acids is 2. The molecule has 0 heterocycles. The Hall–Kier alpha value is -1.12. The SMILES string of the molecule is COCCOCCC(=O)OCCCCCC(=O)OCC(O)COCCC[Si](OC)(OC)OC. The molecular formula is C21H42O11Si. The largest absolute Gasteiger partial charge is 0.500 e. The van der Waals surface area contributed by atoms with Crippen molar-refractivity contribution in [3.8, 4) is 0 Å². The van der Waals surface area contributed by atoms with E-state index < -0.39 is 14.9 Å². The molecule has 0 amide bonds. The molecule has 0 fully saturated rings. The van der Waals surface area contributed by atoms with Crippen molar-refractivity contribution in [1.82, 2.24) is 0 Å². The number of ether oxygens (including phenoxy) is 5. The molecule has 196 valence electrons. The molecule has 0 bridgehead atoms. The zero-order chi connectivity index (χ0) is 24.8. The number of hydrogen-bond donors (Lipinski definition) is 1. The Balaban J connectivity index is 3.59. The first kappa shape index (κ1) is 31.9. The Kier molecular flexibility index (Phi) is 20.7. The normalized spacial score (nSPS) is 12.5. The predicted octanol–water partition coefficient (Wildman–Crippen LogP) is 1.33. The van der Waals surface area contributed by atoms with Crippen LogP contribution in [0.25, 0.3) is 0 Å². The van der Waals surface area contributed by atoms with E-state index in [1.165, 1.54) is 0 Å². The Morgan fingerprint density at radius 2 is 1.39 bits per heavy atom. The third-order valence-electron chi connectivity index (χ3n) is 4.62. The van der Waals surface area contributed by atoms with Gasteiger partial charge >= 0.3 is 20.7 Å². The molecule has 12 heteroatoms. The van der Waals surface area contributed by atoms with Crippen molar-refractivity contribution in [2.45, 2.75) is 50.7 Å². The van der Waals surface area contributed by atoms with Crippen molar-refractivity contribution in [3.63, 3.8) is 0 Å². The van der Waals surface area contributed by atoms with Gasteiger partial charge in [-0.05, 0) is 25.7 Å². The van der Waals surface area contributed by atoms with Crippen molar-refractivity contribution in [3.05, 3.63) is 0 Å². The molecule has 0 saturated carbocycles. The summed E-state index contributed by atoms with van der Waals surface area (Å²) in [6.45, 7) is 1.91. The number of rotatable bonds is 23. The van der Waals surface area contributed by atoms with Gasteiger partial charge in [0.2, 0.25) is 0 Å². The van der Waals surface area contributed by atoms with Crippen molar-refractivity contribution < 1.29 is 51.7 Å². The van der Waals surface area contributed by atoms with E-state index in [1.807, 2.05) is 0 Å². The fourth-order valence-corrected chi connectivity index (χ4v) is 4.37. The second-order valence-corrected chi connectivity index (χ2v) is 10.3. The molecule has 0 aromatic heterocycles. The second-order valence-electron chi connectivity index (χ2n) is 7.20. The number of aliphatic hydroxyl groups excluding tert-OH is 1. The van der Waals surface area contributed by atoms with Gasteiger partial charge < -0.3 is 42.1 Å². The van der Waals surface area contributed by atoms with E-state index in [0.29, 0.717) is 58.3 Å². The number of carbonyl (C=O) groups is 2. The predicted molar refractivity (Wildman–Crippen MR) is 121 cm³/mol. The summed E-state index contributed by atoms with van der Waals surface area (Å²) in [6, 6.07) is 0.601. The lowest BCUT2D eigenvalue weighted by molar-refractivity contribution is -0.148. The maximum Gasteiger partial charge on any atom is 0.500 e. The number of hydrogen-bond acceptors (Lipinski definition) is 11. The standard InChI is InChI=1S/C21H42O11Si/c1-25-14-15-29-13-10-21(24)31-12-7-5-6-9-20(23)32-18-19(22)17-30-11-8-16-33(26-2,27-3)28-4/h19,22H,5-18H2,1-4H3. The first-order valence-corrected chi connectivity index (χ1v) is 13.1. The zero-order valence-electron chi connectivity index (χ0n) is 20.5. The van der Waals surface area contributed by atoms with Gasteiger partial charge in [-0.3, -0.25) is 9.59 Å². The van der Waals surface area contributed by atoms with E-state index in [1.54, 1.807) is 28.4 Å². The Morgan fingerprint density at radius 1 is 0.697 bits per heavy atom. The summed E-state index contributed by atoms with van der Waals surface area (Å²) in [6.07, 6.45) is 2.23. The van der Waals surface area contributed by atoms with Crippen LogP contribution in [0.5, 0.6) is 0 Å². The minimum absolute atomic E-state index is 0.0670. The van der Waals surface area contributed by atoms with Gasteiger partial charge in [0.1, 0.15) is 12.7 Å². The number of esters is 2. The molecule has 0 aliphatic carbocycles. The average Bonchev–Trinajstić information content (AvgIpc) is 2.82. The maximum absolute atomic E-state index is 11.7. The van der Waals surface area contributed by atoms with Gasteiger partial charge in [-0.25, -0.2) is 0 Å². The summed E-state index contributed by atoms with van der Waals surface area (Å²) in [5.41, 5.74) is 0. The first-order chi connectivity index (χ1) is 15.9. The lowest BCUT2D eigenvalue weighted by Gasteiger charge is -2.24. The lowest BCUT2D eigenvalue weighted by atomic mass is 10.2. The van der Waals surface area contributed by atoms with Crippen LogP contribution in [0.3, 0.4) is 0 Å². The Bertz CT molecular complexity index is 481. The van der Waals surface area contributed by atoms with Crippen LogP contribution in [-0.4, -0.2) is 107 Å². The van der Waals surface area contributed by atoms with Crippen LogP contribution in [-0.2, 0) is 46.6 Å². The fraction of sp³-hybridized carbons (Fsp3) is 0.905. The molecule has 33 heavy (non-hydrogen) atoms. The van der Waals surface area contributed by atoms with Crippen LogP contribution in [0.1, 0.15) is 38.5 Å². The molecule has 0 aromatic carbocycles. The average molecular weight is 499 g/mol. The van der Waals surface area contributed by atoms with Crippen molar-refractivity contribution in [2.75, 3.05) is 74.7 Å². The highest BCUT2D eigenvalue weighted by atomic mass is 28.4. The quantitative estimate of drug-likeness (QED) is 0.124. The van der Waals surface area contributed by atoms with Crippen LogP contribution in [0, 0.1) is 0 Å². The van der Waals surface area contributed by atoms with Gasteiger partial charge in [0.05, 0.1) is 39.5 Å². The van der Waals surface area contributed by atoms with Gasteiger partial charge in [-0.15, -0.1) is 0 Å². The molecule has 11 nitrogen and oxygen atoms in total. The van der Waals surface area contributed by atoms with Crippen LogP contribution in [0.15, 0.2) is 0 Å². The van der Waals surface area contributed by atoms with Gasteiger partial charge in [0, 0.05) is 47.5 Å². The Labute approximate surface area is 198 Å². The van der Waals surface area contributed by atoms with Crippen LogP contribution in [0.4, 0.5) is 0 Å². The van der Waals surface area contributed by atoms with Crippen LogP contribution < -0.4 is 0 Å². The molecule has 1 unspecified atom stereocenters. The molecule has 0 aromatic rings. The van der Waals surface area contributed by atoms with E-state index in [4.69, 9.17) is 37.0 Å². The second kappa shape index (κ2) is 21.4. The summed E-state index contributed by atoms with van der Waals surface area (Å²) in [5.74, 6) is -0.684. The van der Waals surface area contributed by atoms with Crippen molar-refractivity contribution in [2.24, 2.45) is 0 Å². The molecule has 0 rings (SSSR count). The number of unbranched alkanes of at least 4 members (excludes halogenated alkanes) is 2. The zero-order valence-corrected chi connectivity index (χ0v) is 21.5. The van der Waals surface area contributed by atoms with Gasteiger partial charge in [-0.1, -0.05) is 0 Å². The minimum atomic E-state index is -2.61. The van der Waals surface area contributed by atoms with Gasteiger partial charge in [0.15, 0.2) is 0 Å². The molecule has 0 aliphatic heterocycles. The summed E-state index contributed by atoms with van der Waals surface area (Å²) >= 11 is 0. The summed E-state index contributed by atoms with van der Waals surface area (Å²) in [7, 11) is 3.63. The third-order valence-corrected chi connectivity index (χ3v) is 7.45. The van der Waals surface area contributed by atoms with Crippen LogP contribution >= 0.6 is 0 Å². The highest BCUT2D eigenvalue weighted by Gasteiger charge is 2.36. The molecule has 0 aliphatic rings. The van der Waals surface area contributed by atoms with Crippen LogP contribution in [0.2, 0.25) is 6.04 Å². The summed E-state index contributed by atoms with van der Waals surface area (Å²) in [5, 5.41) is 9.86. The topological polar surface area (TPSA) is 128 Å². The number of aliphatic hydroxyl groups is 1. The molecule has 1 atom stereocenters. The third kappa shape index (κ3) is 17.9. The monoisotopic (exact) mass is 498 g/mol. The summed E-state index contributed by atoms with van der Waals surface area (Å²) in [4.78, 5) is 23.3. The smallest absolute Gasteiger partial charge is 0.466 e. The summed E-state index contributed by atoms with van der Waals surface area (Å²) < 4.78 is 41.5. The van der Waals surface area contributed by atoms with E-state index in [0.717, 1.165) is 6.42 Å². The molecule has 0 radical (unpaired) electrons. The van der Waals surface area contributed by atoms with E-state index >= 15 is 0 Å². The molecule has 0 saturated heterocycles. The lowest BCUT2D eigenvalue weighted by Crippen LogP contribution is -2.42. The van der Waals surface area contributed by atoms with Crippen molar-refractivity contribution >= 4 is 20.7 Å². The van der Waals surface area contributed by atoms with Crippen molar-refractivity contribution in [1.29, 1.82) is 0 Å². The first-order valence-electron chi connectivity index (χ1n) is 11.2. The molecular weight excluding hydrogens is 456 g/mol. The number of methoxy groups -OCH3 is 1. The fourth-order valence-electron chi connectivity index (χ4n) is 2.68. The van der Waals surface area contributed by atoms with Gasteiger partial charge in [-0.2, -0.15) is 0 Å². The minimum Gasteiger partial charge on any atom is -0.466 e. The van der Waals surface area contributed by atoms with E-state index in [2.05, 4.69) is 0 Å². The highest BCUT2D eigenvalue weighted by Crippen LogP contribution is 2.14. The van der Waals surface area contributed by atoms with E-state index in [-0.39, 0.29) is 38.0 Å². The Morgan fingerprint density at radius 3 is 2.06 bits per heavy atom. The maximum atomic E-state index is 11.7. The molecule has 0 spiro atoms.